The minimum absolute atomic E-state index is 0.0710. The van der Waals surface area contributed by atoms with Gasteiger partial charge in [0.2, 0.25) is 11.9 Å². The molecule has 1 aromatic rings. The molecule has 1 fully saturated rings. The third-order valence-electron chi connectivity index (χ3n) is 3.30. The van der Waals surface area contributed by atoms with E-state index in [9.17, 15) is 5.11 Å². The van der Waals surface area contributed by atoms with Gasteiger partial charge in [0.1, 0.15) is 5.60 Å². The van der Waals surface area contributed by atoms with Gasteiger partial charge in [-0.05, 0) is 20.8 Å². The minimum Gasteiger partial charge on any atom is -0.461 e. The summed E-state index contributed by atoms with van der Waals surface area (Å²) in [5, 5.41) is 13.4. The molecule has 9 heteroatoms. The lowest BCUT2D eigenvalue weighted by molar-refractivity contribution is -0.0177. The van der Waals surface area contributed by atoms with Crippen molar-refractivity contribution in [2.24, 2.45) is 5.84 Å². The lowest BCUT2D eigenvalue weighted by Crippen LogP contribution is -2.43. The number of nitrogens with two attached hydrogens (primary N) is 1. The standard InChI is InChI=1S/C12H22N6O3/c1-7(2)21-11-16-9(15-10(17-11)18-13)14-6-12(19)4-5-20-8(12)3/h7-8,19H,4-6,13H2,1-3H3,(H2,14,15,16,17,18). The van der Waals surface area contributed by atoms with Crippen LogP contribution in [0.15, 0.2) is 0 Å². The summed E-state index contributed by atoms with van der Waals surface area (Å²) in [6, 6.07) is 0.165. The second kappa shape index (κ2) is 6.37. The number of aromatic nitrogens is 3. The molecule has 1 aliphatic rings. The lowest BCUT2D eigenvalue weighted by atomic mass is 9.97. The average molecular weight is 298 g/mol. The Balaban J connectivity index is 2.08. The van der Waals surface area contributed by atoms with Crippen LogP contribution in [0.2, 0.25) is 0 Å². The highest BCUT2D eigenvalue weighted by Crippen LogP contribution is 2.25. The van der Waals surface area contributed by atoms with Gasteiger partial charge >= 0.3 is 6.01 Å². The van der Waals surface area contributed by atoms with E-state index < -0.39 is 5.60 Å². The van der Waals surface area contributed by atoms with E-state index in [1.54, 1.807) is 0 Å². The Bertz CT molecular complexity index is 486. The number of nitrogen functional groups attached to an aromatic ring is 1. The Hall–Kier alpha value is -1.71. The SMILES string of the molecule is CC(C)Oc1nc(NN)nc(NCC2(O)CCOC2C)n1. The highest BCUT2D eigenvalue weighted by Gasteiger charge is 2.39. The quantitative estimate of drug-likeness (QED) is 0.420. The maximum atomic E-state index is 10.4. The fraction of sp³-hybridized carbons (Fsp3) is 0.750. The number of hydrogen-bond acceptors (Lipinski definition) is 9. The first kappa shape index (κ1) is 15.7. The van der Waals surface area contributed by atoms with Gasteiger partial charge in [-0.1, -0.05) is 0 Å². The van der Waals surface area contributed by atoms with Crippen LogP contribution in [0.3, 0.4) is 0 Å². The van der Waals surface area contributed by atoms with Crippen molar-refractivity contribution < 1.29 is 14.6 Å². The van der Waals surface area contributed by atoms with Gasteiger partial charge in [-0.3, -0.25) is 5.43 Å². The number of aliphatic hydroxyl groups is 1. The molecule has 0 bridgehead atoms. The van der Waals surface area contributed by atoms with Crippen molar-refractivity contribution >= 4 is 11.9 Å². The third-order valence-corrected chi connectivity index (χ3v) is 3.30. The number of hydrazine groups is 1. The van der Waals surface area contributed by atoms with Gasteiger partial charge in [0.05, 0.1) is 12.2 Å². The molecule has 0 aliphatic carbocycles. The van der Waals surface area contributed by atoms with Crippen LogP contribution in [-0.2, 0) is 4.74 Å². The van der Waals surface area contributed by atoms with Gasteiger partial charge in [-0.25, -0.2) is 5.84 Å². The highest BCUT2D eigenvalue weighted by atomic mass is 16.5. The van der Waals surface area contributed by atoms with Crippen LogP contribution in [0.4, 0.5) is 11.9 Å². The summed E-state index contributed by atoms with van der Waals surface area (Å²) in [5.74, 6) is 5.79. The molecule has 118 valence electrons. The molecule has 0 aromatic carbocycles. The van der Waals surface area contributed by atoms with Gasteiger partial charge in [0.15, 0.2) is 0 Å². The first-order valence-electron chi connectivity index (χ1n) is 6.90. The van der Waals surface area contributed by atoms with Gasteiger partial charge in [0.25, 0.3) is 0 Å². The topological polar surface area (TPSA) is 127 Å². The van der Waals surface area contributed by atoms with Gasteiger partial charge in [-0.2, -0.15) is 15.0 Å². The first-order valence-corrected chi connectivity index (χ1v) is 6.90. The maximum Gasteiger partial charge on any atom is 0.323 e. The Morgan fingerprint density at radius 1 is 1.43 bits per heavy atom. The number of anilines is 2. The van der Waals surface area contributed by atoms with Crippen LogP contribution < -0.4 is 21.3 Å². The molecule has 2 rings (SSSR count). The van der Waals surface area contributed by atoms with Crippen LogP contribution in [0.1, 0.15) is 27.2 Å². The fourth-order valence-corrected chi connectivity index (χ4v) is 2.00. The van der Waals surface area contributed by atoms with Crippen molar-refractivity contribution in [3.63, 3.8) is 0 Å². The second-order valence-corrected chi connectivity index (χ2v) is 5.30. The molecular weight excluding hydrogens is 276 g/mol. The monoisotopic (exact) mass is 298 g/mol. The van der Waals surface area contributed by atoms with E-state index >= 15 is 0 Å². The van der Waals surface area contributed by atoms with Crippen LogP contribution >= 0.6 is 0 Å². The molecule has 0 spiro atoms. The molecule has 0 saturated carbocycles. The van der Waals surface area contributed by atoms with E-state index in [-0.39, 0.29) is 36.7 Å². The fourth-order valence-electron chi connectivity index (χ4n) is 2.00. The van der Waals surface area contributed by atoms with Crippen molar-refractivity contribution in [1.82, 2.24) is 15.0 Å². The molecule has 0 radical (unpaired) electrons. The molecule has 9 nitrogen and oxygen atoms in total. The molecule has 2 unspecified atom stereocenters. The summed E-state index contributed by atoms with van der Waals surface area (Å²) in [4.78, 5) is 12.2. The van der Waals surface area contributed by atoms with Crippen LogP contribution in [0.5, 0.6) is 6.01 Å². The molecule has 1 aromatic heterocycles. The number of ether oxygens (including phenoxy) is 2. The van der Waals surface area contributed by atoms with Crippen molar-refractivity contribution in [2.75, 3.05) is 23.9 Å². The van der Waals surface area contributed by atoms with E-state index in [2.05, 4.69) is 25.7 Å². The molecule has 1 saturated heterocycles. The molecular formula is C12H22N6O3. The van der Waals surface area contributed by atoms with Crippen LogP contribution in [0, 0.1) is 0 Å². The maximum absolute atomic E-state index is 10.4. The van der Waals surface area contributed by atoms with E-state index in [0.29, 0.717) is 13.0 Å². The van der Waals surface area contributed by atoms with Crippen molar-refractivity contribution in [3.8, 4) is 6.01 Å². The van der Waals surface area contributed by atoms with Gasteiger partial charge in [0, 0.05) is 19.6 Å². The van der Waals surface area contributed by atoms with Gasteiger partial charge in [-0.15, -0.1) is 0 Å². The van der Waals surface area contributed by atoms with E-state index in [1.807, 2.05) is 20.8 Å². The van der Waals surface area contributed by atoms with Crippen LogP contribution in [0.25, 0.3) is 0 Å². The zero-order chi connectivity index (χ0) is 15.5. The summed E-state index contributed by atoms with van der Waals surface area (Å²) in [5.41, 5.74) is 1.42. The average Bonchev–Trinajstić information content (AvgIpc) is 2.76. The summed E-state index contributed by atoms with van der Waals surface area (Å²) < 4.78 is 10.8. The minimum atomic E-state index is -0.942. The molecule has 2 heterocycles. The van der Waals surface area contributed by atoms with E-state index in [1.165, 1.54) is 0 Å². The zero-order valence-electron chi connectivity index (χ0n) is 12.5. The first-order chi connectivity index (χ1) is 9.93. The zero-order valence-corrected chi connectivity index (χ0v) is 12.5. The smallest absolute Gasteiger partial charge is 0.323 e. The number of hydrogen-bond donors (Lipinski definition) is 4. The Morgan fingerprint density at radius 3 is 2.71 bits per heavy atom. The van der Waals surface area contributed by atoms with Crippen LogP contribution in [-0.4, -0.2) is 51.0 Å². The van der Waals surface area contributed by atoms with E-state index in [0.717, 1.165) is 0 Å². The predicted molar refractivity (Wildman–Crippen MR) is 76.9 cm³/mol. The molecule has 1 aliphatic heterocycles. The number of nitrogens with zero attached hydrogens (tertiary/aromatic N) is 3. The molecule has 21 heavy (non-hydrogen) atoms. The van der Waals surface area contributed by atoms with Crippen molar-refractivity contribution in [1.29, 1.82) is 0 Å². The summed E-state index contributed by atoms with van der Waals surface area (Å²) in [6.45, 7) is 6.37. The second-order valence-electron chi connectivity index (χ2n) is 5.30. The normalized spacial score (nSPS) is 25.1. The van der Waals surface area contributed by atoms with Crippen molar-refractivity contribution in [2.45, 2.75) is 45.0 Å². The van der Waals surface area contributed by atoms with E-state index in [4.69, 9.17) is 15.3 Å². The van der Waals surface area contributed by atoms with Gasteiger partial charge < -0.3 is 19.9 Å². The Labute approximate surface area is 123 Å². The highest BCUT2D eigenvalue weighted by molar-refractivity contribution is 5.35. The summed E-state index contributed by atoms with van der Waals surface area (Å²) in [6.07, 6.45) is 0.243. The largest absolute Gasteiger partial charge is 0.461 e. The predicted octanol–water partition coefficient (Wildman–Crippen LogP) is -0.104. The number of nitrogens with one attached hydrogen (secondary N) is 2. The molecule has 5 N–H and O–H groups in total. The summed E-state index contributed by atoms with van der Waals surface area (Å²) in [7, 11) is 0. The summed E-state index contributed by atoms with van der Waals surface area (Å²) >= 11 is 0. The molecule has 0 amide bonds. The third kappa shape index (κ3) is 3.90. The van der Waals surface area contributed by atoms with Crippen molar-refractivity contribution in [3.05, 3.63) is 0 Å². The Kier molecular flexibility index (Phi) is 4.76. The molecule has 2 atom stereocenters. The number of rotatable bonds is 6. The Morgan fingerprint density at radius 2 is 2.14 bits per heavy atom. The lowest BCUT2D eigenvalue weighted by Gasteiger charge is -2.26.